The van der Waals surface area contributed by atoms with Gasteiger partial charge < -0.3 is 9.64 Å². The number of hydrazine groups is 1. The lowest BCUT2D eigenvalue weighted by molar-refractivity contribution is -0.122. The van der Waals surface area contributed by atoms with Crippen molar-refractivity contribution in [1.29, 1.82) is 0 Å². The van der Waals surface area contributed by atoms with Crippen LogP contribution in [-0.4, -0.2) is 60.6 Å². The van der Waals surface area contributed by atoms with Crippen LogP contribution in [0.5, 0.6) is 0 Å². The number of rotatable bonds is 4. The van der Waals surface area contributed by atoms with E-state index in [4.69, 9.17) is 10.6 Å². The Labute approximate surface area is 107 Å². The second-order valence-corrected chi connectivity index (χ2v) is 4.34. The van der Waals surface area contributed by atoms with E-state index < -0.39 is 0 Å². The first-order valence-corrected chi connectivity index (χ1v) is 6.23. The Morgan fingerprint density at radius 3 is 2.44 bits per heavy atom. The van der Waals surface area contributed by atoms with E-state index in [1.807, 2.05) is 6.92 Å². The lowest BCUT2D eigenvalue weighted by Crippen LogP contribution is -2.52. The number of carbonyl (C=O) groups excluding carboxylic acids is 2. The van der Waals surface area contributed by atoms with Crippen molar-refractivity contribution < 1.29 is 14.3 Å². The predicted molar refractivity (Wildman–Crippen MR) is 66.6 cm³/mol. The number of nitrogens with one attached hydrogen (secondary N) is 1. The number of piperazine rings is 1. The third-order valence-corrected chi connectivity index (χ3v) is 3.11. The van der Waals surface area contributed by atoms with Crippen LogP contribution in [0.3, 0.4) is 0 Å². The quantitative estimate of drug-likeness (QED) is 0.404. The van der Waals surface area contributed by atoms with Gasteiger partial charge in [0.15, 0.2) is 0 Å². The van der Waals surface area contributed by atoms with Gasteiger partial charge in [-0.3, -0.25) is 15.1 Å². The van der Waals surface area contributed by atoms with Crippen molar-refractivity contribution in [1.82, 2.24) is 15.2 Å². The minimum absolute atomic E-state index is 0.123. The van der Waals surface area contributed by atoms with Crippen LogP contribution in [0.4, 0.5) is 4.79 Å². The Balaban J connectivity index is 2.34. The predicted octanol–water partition coefficient (Wildman–Crippen LogP) is -0.471. The molecule has 1 fully saturated rings. The summed E-state index contributed by atoms with van der Waals surface area (Å²) in [7, 11) is 0. The van der Waals surface area contributed by atoms with Gasteiger partial charge in [0.1, 0.15) is 0 Å². The average Bonchev–Trinajstić information content (AvgIpc) is 2.39. The molecule has 0 aromatic heterocycles. The fraction of sp³-hybridized carbons (Fsp3) is 0.818. The van der Waals surface area contributed by atoms with Gasteiger partial charge in [-0.15, -0.1) is 0 Å². The number of nitrogens with two attached hydrogens (primary N) is 1. The van der Waals surface area contributed by atoms with Crippen LogP contribution < -0.4 is 11.3 Å². The van der Waals surface area contributed by atoms with E-state index in [0.717, 1.165) is 13.1 Å². The lowest BCUT2D eigenvalue weighted by Gasteiger charge is -2.37. The van der Waals surface area contributed by atoms with Crippen LogP contribution >= 0.6 is 0 Å². The highest BCUT2D eigenvalue weighted by Crippen LogP contribution is 2.09. The van der Waals surface area contributed by atoms with Crippen molar-refractivity contribution in [3.63, 3.8) is 0 Å². The molecule has 0 aromatic carbocycles. The number of nitrogens with zero attached hydrogens (tertiary/aromatic N) is 2. The summed E-state index contributed by atoms with van der Waals surface area (Å²) in [6.07, 6.45) is 0.111. The first-order chi connectivity index (χ1) is 8.58. The maximum atomic E-state index is 11.5. The van der Waals surface area contributed by atoms with E-state index in [1.54, 1.807) is 11.8 Å². The number of carbonyl (C=O) groups is 2. The molecule has 0 radical (unpaired) electrons. The zero-order valence-electron chi connectivity index (χ0n) is 11.0. The van der Waals surface area contributed by atoms with Crippen molar-refractivity contribution in [2.24, 2.45) is 5.84 Å². The summed E-state index contributed by atoms with van der Waals surface area (Å²) in [5.41, 5.74) is 2.13. The molecule has 7 heteroatoms. The summed E-state index contributed by atoms with van der Waals surface area (Å²) in [4.78, 5) is 26.5. The van der Waals surface area contributed by atoms with E-state index in [2.05, 4.69) is 10.3 Å². The Kier molecular flexibility index (Phi) is 5.87. The van der Waals surface area contributed by atoms with Crippen LogP contribution in [0.25, 0.3) is 0 Å². The molecule has 1 heterocycles. The van der Waals surface area contributed by atoms with Gasteiger partial charge in [0.2, 0.25) is 5.91 Å². The van der Waals surface area contributed by atoms with Gasteiger partial charge >= 0.3 is 6.09 Å². The van der Waals surface area contributed by atoms with Crippen LogP contribution in [0.1, 0.15) is 20.3 Å². The molecule has 0 aromatic rings. The highest BCUT2D eigenvalue weighted by atomic mass is 16.6. The molecule has 0 saturated carbocycles. The number of amides is 2. The summed E-state index contributed by atoms with van der Waals surface area (Å²) in [5, 5.41) is 0. The van der Waals surface area contributed by atoms with Crippen molar-refractivity contribution in [3.8, 4) is 0 Å². The SMILES string of the molecule is CCOC(=O)N1CCN(C(C)CC(=O)NN)CC1. The molecule has 1 unspecified atom stereocenters. The number of hydrogen-bond donors (Lipinski definition) is 2. The fourth-order valence-electron chi connectivity index (χ4n) is 2.02. The molecule has 0 aliphatic carbocycles. The molecule has 1 saturated heterocycles. The summed E-state index contributed by atoms with van der Waals surface area (Å²) < 4.78 is 4.95. The maximum Gasteiger partial charge on any atom is 0.409 e. The van der Waals surface area contributed by atoms with E-state index in [0.29, 0.717) is 26.1 Å². The monoisotopic (exact) mass is 258 g/mol. The van der Waals surface area contributed by atoms with Crippen molar-refractivity contribution in [2.45, 2.75) is 26.3 Å². The molecule has 1 aliphatic rings. The molecular formula is C11H22N4O3. The zero-order chi connectivity index (χ0) is 13.5. The van der Waals surface area contributed by atoms with Crippen molar-refractivity contribution >= 4 is 12.0 Å². The van der Waals surface area contributed by atoms with Gasteiger partial charge in [0.25, 0.3) is 0 Å². The third-order valence-electron chi connectivity index (χ3n) is 3.11. The van der Waals surface area contributed by atoms with Gasteiger partial charge in [0.05, 0.1) is 6.61 Å². The first-order valence-electron chi connectivity index (χ1n) is 6.23. The lowest BCUT2D eigenvalue weighted by atomic mass is 10.1. The standard InChI is InChI=1S/C11H22N4O3/c1-3-18-11(17)15-6-4-14(5-7-15)9(2)8-10(16)13-12/h9H,3-8,12H2,1-2H3,(H,13,16). The Morgan fingerprint density at radius 1 is 1.33 bits per heavy atom. The van der Waals surface area contributed by atoms with E-state index >= 15 is 0 Å². The second kappa shape index (κ2) is 7.17. The Hall–Kier alpha value is -1.34. The minimum atomic E-state index is -0.260. The van der Waals surface area contributed by atoms with Gasteiger partial charge in [-0.25, -0.2) is 10.6 Å². The van der Waals surface area contributed by atoms with Gasteiger partial charge in [-0.1, -0.05) is 0 Å². The van der Waals surface area contributed by atoms with Crippen molar-refractivity contribution in [2.75, 3.05) is 32.8 Å². The summed E-state index contributed by atoms with van der Waals surface area (Å²) in [6.45, 7) is 6.93. The van der Waals surface area contributed by atoms with Gasteiger partial charge in [-0.2, -0.15) is 0 Å². The van der Waals surface area contributed by atoms with Crippen LogP contribution in [-0.2, 0) is 9.53 Å². The van der Waals surface area contributed by atoms with Crippen molar-refractivity contribution in [3.05, 3.63) is 0 Å². The summed E-state index contributed by atoms with van der Waals surface area (Å²) in [6, 6.07) is 0.123. The molecule has 18 heavy (non-hydrogen) atoms. The van der Waals surface area contributed by atoms with E-state index in [-0.39, 0.29) is 18.0 Å². The van der Waals surface area contributed by atoms with Gasteiger partial charge in [-0.05, 0) is 13.8 Å². The fourth-order valence-corrected chi connectivity index (χ4v) is 2.02. The average molecular weight is 258 g/mol. The zero-order valence-corrected chi connectivity index (χ0v) is 11.0. The highest BCUT2D eigenvalue weighted by molar-refractivity contribution is 5.75. The first kappa shape index (κ1) is 14.7. The molecule has 1 aliphatic heterocycles. The third kappa shape index (κ3) is 4.15. The van der Waals surface area contributed by atoms with Crippen LogP contribution in [0.15, 0.2) is 0 Å². The van der Waals surface area contributed by atoms with Gasteiger partial charge in [0, 0.05) is 38.6 Å². The topological polar surface area (TPSA) is 87.9 Å². The molecule has 2 amide bonds. The smallest absolute Gasteiger partial charge is 0.409 e. The Bertz CT molecular complexity index is 290. The van der Waals surface area contributed by atoms with E-state index in [9.17, 15) is 9.59 Å². The van der Waals surface area contributed by atoms with Crippen LogP contribution in [0.2, 0.25) is 0 Å². The normalized spacial score (nSPS) is 18.3. The molecule has 1 atom stereocenters. The molecule has 1 rings (SSSR count). The molecule has 104 valence electrons. The molecule has 0 spiro atoms. The molecular weight excluding hydrogens is 236 g/mol. The van der Waals surface area contributed by atoms with E-state index in [1.165, 1.54) is 0 Å². The number of ether oxygens (including phenoxy) is 1. The summed E-state index contributed by atoms with van der Waals surface area (Å²) in [5.74, 6) is 4.89. The van der Waals surface area contributed by atoms with Crippen LogP contribution in [0, 0.1) is 0 Å². The largest absolute Gasteiger partial charge is 0.450 e. The summed E-state index contributed by atoms with van der Waals surface area (Å²) >= 11 is 0. The second-order valence-electron chi connectivity index (χ2n) is 4.34. The molecule has 7 nitrogen and oxygen atoms in total. The molecule has 0 bridgehead atoms. The highest BCUT2D eigenvalue weighted by Gasteiger charge is 2.25. The Morgan fingerprint density at radius 2 is 1.94 bits per heavy atom. The number of hydrogen-bond acceptors (Lipinski definition) is 5. The maximum absolute atomic E-state index is 11.5. The molecule has 3 N–H and O–H groups in total. The minimum Gasteiger partial charge on any atom is -0.450 e.